The first-order valence-corrected chi connectivity index (χ1v) is 6.57. The van der Waals surface area contributed by atoms with Crippen LogP contribution in [0.3, 0.4) is 0 Å². The first-order chi connectivity index (χ1) is 10.4. The third-order valence-electron chi connectivity index (χ3n) is 3.24. The zero-order valence-corrected chi connectivity index (χ0v) is 12.1. The van der Waals surface area contributed by atoms with Crippen LogP contribution in [-0.4, -0.2) is 67.8 Å². The number of hydrogen-bond donors (Lipinski definition) is 5. The summed E-state index contributed by atoms with van der Waals surface area (Å²) in [5, 5.41) is 46.7. The smallest absolute Gasteiger partial charge is 0.329 e. The first-order valence-electron chi connectivity index (χ1n) is 6.57. The van der Waals surface area contributed by atoms with Gasteiger partial charge in [-0.1, -0.05) is 0 Å². The molecule has 0 saturated carbocycles. The van der Waals surface area contributed by atoms with Crippen LogP contribution in [0.1, 0.15) is 17.4 Å². The van der Waals surface area contributed by atoms with E-state index in [9.17, 15) is 30.0 Å². The van der Waals surface area contributed by atoms with Gasteiger partial charge in [-0.25, -0.2) is 4.79 Å². The molecule has 1 aromatic rings. The molecule has 0 aliphatic carbocycles. The Hall–Kier alpha value is -1.94. The highest BCUT2D eigenvalue weighted by Gasteiger charge is 2.26. The predicted octanol–water partition coefficient (Wildman–Crippen LogP) is -1.91. The Morgan fingerprint density at radius 2 is 2.00 bits per heavy atom. The molecule has 124 valence electrons. The maximum absolute atomic E-state index is 11.7. The summed E-state index contributed by atoms with van der Waals surface area (Å²) in [6.45, 7) is -1.38. The Labute approximate surface area is 126 Å². The summed E-state index contributed by atoms with van der Waals surface area (Å²) < 4.78 is 1.03. The van der Waals surface area contributed by atoms with Crippen LogP contribution in [0.5, 0.6) is 5.75 Å². The van der Waals surface area contributed by atoms with Crippen LogP contribution in [0.15, 0.2) is 10.9 Å². The second-order valence-corrected chi connectivity index (χ2v) is 4.82. The van der Waals surface area contributed by atoms with Gasteiger partial charge in [0.15, 0.2) is 11.8 Å². The number of nitrogens with zero attached hydrogens (tertiary/aromatic N) is 2. The van der Waals surface area contributed by atoms with Gasteiger partial charge >= 0.3 is 5.97 Å². The van der Waals surface area contributed by atoms with Crippen molar-refractivity contribution < 1.29 is 30.3 Å². The summed E-state index contributed by atoms with van der Waals surface area (Å²) in [5.74, 6) is -2.02. The molecule has 1 aromatic heterocycles. The van der Waals surface area contributed by atoms with E-state index in [2.05, 4.69) is 0 Å². The molecule has 1 heterocycles. The average Bonchev–Trinajstić information content (AvgIpc) is 2.46. The van der Waals surface area contributed by atoms with Crippen molar-refractivity contribution in [2.24, 2.45) is 0 Å². The Kier molecular flexibility index (Phi) is 6.50. The number of rotatable bonds is 8. The van der Waals surface area contributed by atoms with Gasteiger partial charge in [-0.15, -0.1) is 0 Å². The van der Waals surface area contributed by atoms with Gasteiger partial charge in [0.05, 0.1) is 25.5 Å². The highest BCUT2D eigenvalue weighted by atomic mass is 16.4. The minimum absolute atomic E-state index is 0.0309. The lowest BCUT2D eigenvalue weighted by molar-refractivity contribution is -0.142. The lowest BCUT2D eigenvalue weighted by Crippen LogP contribution is -2.32. The van der Waals surface area contributed by atoms with Crippen molar-refractivity contribution in [3.8, 4) is 5.75 Å². The summed E-state index contributed by atoms with van der Waals surface area (Å²) >= 11 is 0. The van der Waals surface area contributed by atoms with E-state index >= 15 is 0 Å². The van der Waals surface area contributed by atoms with Gasteiger partial charge in [0.1, 0.15) is 0 Å². The molecule has 0 bridgehead atoms. The summed E-state index contributed by atoms with van der Waals surface area (Å²) in [7, 11) is 1.60. The Bertz CT molecular complexity index is 584. The molecule has 0 amide bonds. The summed E-state index contributed by atoms with van der Waals surface area (Å²) in [4.78, 5) is 24.6. The Balaban J connectivity index is 3.51. The number of pyridine rings is 1. The zero-order chi connectivity index (χ0) is 16.9. The van der Waals surface area contributed by atoms with E-state index in [1.807, 2.05) is 0 Å². The second kappa shape index (κ2) is 7.90. The fraction of sp³-hybridized carbons (Fsp3) is 0.538. The monoisotopic (exact) mass is 316 g/mol. The van der Waals surface area contributed by atoms with Crippen LogP contribution in [0.4, 0.5) is 0 Å². The van der Waals surface area contributed by atoms with Gasteiger partial charge in [-0.05, 0) is 7.05 Å². The van der Waals surface area contributed by atoms with Gasteiger partial charge in [0.25, 0.3) is 0 Å². The van der Waals surface area contributed by atoms with E-state index in [0.29, 0.717) is 0 Å². The fourth-order valence-corrected chi connectivity index (χ4v) is 2.16. The number of carboxylic acid groups (broad SMARTS) is 1. The molecule has 1 atom stereocenters. The van der Waals surface area contributed by atoms with E-state index in [-0.39, 0.29) is 31.1 Å². The molecule has 0 radical (unpaired) electrons. The molecule has 9 nitrogen and oxygen atoms in total. The van der Waals surface area contributed by atoms with Crippen LogP contribution in [-0.2, 0) is 17.9 Å². The Morgan fingerprint density at radius 1 is 1.36 bits per heavy atom. The van der Waals surface area contributed by atoms with Gasteiger partial charge in [-0.3, -0.25) is 9.69 Å². The molecule has 1 rings (SSSR count). The molecule has 0 aliphatic rings. The molecular formula is C13H20N2O7. The summed E-state index contributed by atoms with van der Waals surface area (Å²) in [6, 6.07) is -0.526. The van der Waals surface area contributed by atoms with Crippen molar-refractivity contribution in [2.75, 3.05) is 26.8 Å². The van der Waals surface area contributed by atoms with Crippen molar-refractivity contribution in [2.45, 2.75) is 19.2 Å². The van der Waals surface area contributed by atoms with Gasteiger partial charge in [0, 0.05) is 24.8 Å². The molecular weight excluding hydrogens is 296 g/mol. The fourth-order valence-electron chi connectivity index (χ4n) is 2.16. The molecule has 0 aliphatic heterocycles. The highest BCUT2D eigenvalue weighted by Crippen LogP contribution is 2.22. The number of aliphatic carboxylic acids is 1. The molecule has 0 saturated heterocycles. The lowest BCUT2D eigenvalue weighted by Gasteiger charge is -2.25. The number of aromatic nitrogens is 1. The number of likely N-dealkylation sites (N-methyl/N-ethyl adjacent to an activating group) is 1. The van der Waals surface area contributed by atoms with E-state index < -0.39 is 36.4 Å². The quantitative estimate of drug-likeness (QED) is 0.374. The first kappa shape index (κ1) is 18.1. The number of hydrogen-bond acceptors (Lipinski definition) is 7. The van der Waals surface area contributed by atoms with Gasteiger partial charge in [0.2, 0.25) is 5.43 Å². The number of carboxylic acids is 1. The van der Waals surface area contributed by atoms with Crippen LogP contribution in [0, 0.1) is 0 Å². The van der Waals surface area contributed by atoms with Crippen molar-refractivity contribution in [1.82, 2.24) is 9.47 Å². The van der Waals surface area contributed by atoms with E-state index in [0.717, 1.165) is 10.6 Å². The van der Waals surface area contributed by atoms with Crippen LogP contribution < -0.4 is 5.43 Å². The minimum atomic E-state index is -1.45. The third-order valence-corrected chi connectivity index (χ3v) is 3.24. The molecule has 0 spiro atoms. The molecule has 5 N–H and O–H groups in total. The van der Waals surface area contributed by atoms with Crippen LogP contribution >= 0.6 is 0 Å². The molecule has 0 fully saturated rings. The molecule has 22 heavy (non-hydrogen) atoms. The largest absolute Gasteiger partial charge is 0.503 e. The lowest BCUT2D eigenvalue weighted by atomic mass is 10.1. The number of carbonyl (C=O) groups is 1. The maximum atomic E-state index is 11.7. The molecule has 1 unspecified atom stereocenters. The summed E-state index contributed by atoms with van der Waals surface area (Å²) in [6.07, 6.45) is 0. The normalized spacial score (nSPS) is 12.6. The SMILES string of the molecule is CN(CCO)Cc1c(O)c(=O)cc(CO)n1C(CO)C(=O)O. The number of aliphatic hydroxyl groups is 3. The number of aliphatic hydroxyl groups excluding tert-OH is 3. The minimum Gasteiger partial charge on any atom is -0.503 e. The second-order valence-electron chi connectivity index (χ2n) is 4.82. The number of aromatic hydroxyl groups is 1. The van der Waals surface area contributed by atoms with Crippen molar-refractivity contribution >= 4 is 5.97 Å². The molecule has 0 aromatic carbocycles. The predicted molar refractivity (Wildman–Crippen MR) is 75.5 cm³/mol. The third kappa shape index (κ3) is 3.83. The average molecular weight is 316 g/mol. The zero-order valence-electron chi connectivity index (χ0n) is 12.1. The van der Waals surface area contributed by atoms with Gasteiger partial charge in [-0.2, -0.15) is 0 Å². The van der Waals surface area contributed by atoms with Gasteiger partial charge < -0.3 is 30.1 Å². The standard InChI is InChI=1S/C13H20N2O7/c1-14(2-3-16)5-9-12(20)11(19)4-8(6-17)15(9)10(7-18)13(21)22/h4,10,16-18,20H,2-3,5-7H2,1H3,(H,21,22). The van der Waals surface area contributed by atoms with Crippen LogP contribution in [0.2, 0.25) is 0 Å². The summed E-state index contributed by atoms with van der Waals surface area (Å²) in [5.41, 5.74) is -0.833. The van der Waals surface area contributed by atoms with Crippen LogP contribution in [0.25, 0.3) is 0 Å². The van der Waals surface area contributed by atoms with E-state index in [1.54, 1.807) is 11.9 Å². The van der Waals surface area contributed by atoms with Crippen molar-refractivity contribution in [3.05, 3.63) is 27.7 Å². The highest BCUT2D eigenvalue weighted by molar-refractivity contribution is 5.72. The molecule has 9 heteroatoms. The van der Waals surface area contributed by atoms with E-state index in [4.69, 9.17) is 5.11 Å². The maximum Gasteiger partial charge on any atom is 0.329 e. The van der Waals surface area contributed by atoms with Crippen molar-refractivity contribution in [3.63, 3.8) is 0 Å². The topological polar surface area (TPSA) is 143 Å². The van der Waals surface area contributed by atoms with Crippen molar-refractivity contribution in [1.29, 1.82) is 0 Å². The Morgan fingerprint density at radius 3 is 2.45 bits per heavy atom. The van der Waals surface area contributed by atoms with E-state index in [1.165, 1.54) is 0 Å².